The minimum Gasteiger partial charge on any atom is -0.410 e. The van der Waals surface area contributed by atoms with Gasteiger partial charge in [0.1, 0.15) is 5.75 Å². The third-order valence-electron chi connectivity index (χ3n) is 2.32. The molecule has 3 N–H and O–H groups in total. The summed E-state index contributed by atoms with van der Waals surface area (Å²) in [7, 11) is 0. The second-order valence-corrected chi connectivity index (χ2v) is 4.88. The van der Waals surface area contributed by atoms with Crippen molar-refractivity contribution in [3.8, 4) is 5.75 Å². The molecule has 0 aliphatic carbocycles. The molecule has 0 radical (unpaired) electrons. The topological polar surface area (TPSA) is 64.3 Å². The van der Waals surface area contributed by atoms with Gasteiger partial charge in [-0.15, -0.1) is 0 Å². The molecule has 4 heteroatoms. The van der Waals surface area contributed by atoms with Gasteiger partial charge in [-0.05, 0) is 23.1 Å². The zero-order valence-corrected chi connectivity index (χ0v) is 10.6. The monoisotopic (exact) mass is 236 g/mol. The molecule has 4 nitrogen and oxygen atoms in total. The maximum Gasteiger partial charge on any atom is 0.412 e. The van der Waals surface area contributed by atoms with E-state index in [1.807, 2.05) is 18.2 Å². The summed E-state index contributed by atoms with van der Waals surface area (Å²) in [6, 6.07) is 7.54. The predicted octanol–water partition coefficient (Wildman–Crippen LogP) is 2.03. The Bertz CT molecular complexity index is 383. The van der Waals surface area contributed by atoms with Crippen molar-refractivity contribution in [2.45, 2.75) is 26.2 Å². The second-order valence-electron chi connectivity index (χ2n) is 4.88. The number of rotatable bonds is 3. The zero-order chi connectivity index (χ0) is 12.9. The predicted molar refractivity (Wildman–Crippen MR) is 68.2 cm³/mol. The van der Waals surface area contributed by atoms with Crippen LogP contribution in [0.25, 0.3) is 0 Å². The fraction of sp³-hybridized carbons (Fsp3) is 0.462. The average molecular weight is 236 g/mol. The van der Waals surface area contributed by atoms with E-state index in [9.17, 15) is 4.79 Å². The van der Waals surface area contributed by atoms with E-state index < -0.39 is 6.09 Å². The first-order chi connectivity index (χ1) is 7.93. The molecule has 0 bridgehead atoms. The Morgan fingerprint density at radius 1 is 1.41 bits per heavy atom. The lowest BCUT2D eigenvalue weighted by atomic mass is 9.87. The van der Waals surface area contributed by atoms with Crippen molar-refractivity contribution >= 4 is 6.09 Å². The summed E-state index contributed by atoms with van der Waals surface area (Å²) >= 11 is 0. The fourth-order valence-electron chi connectivity index (χ4n) is 1.34. The number of hydrogen-bond acceptors (Lipinski definition) is 3. The van der Waals surface area contributed by atoms with Crippen LogP contribution in [0.4, 0.5) is 4.79 Å². The van der Waals surface area contributed by atoms with Gasteiger partial charge in [-0.25, -0.2) is 4.79 Å². The Hall–Kier alpha value is -1.55. The highest BCUT2D eigenvalue weighted by Crippen LogP contribution is 2.25. The van der Waals surface area contributed by atoms with Crippen molar-refractivity contribution in [3.63, 3.8) is 0 Å². The third kappa shape index (κ3) is 4.44. The van der Waals surface area contributed by atoms with E-state index in [4.69, 9.17) is 10.5 Å². The van der Waals surface area contributed by atoms with Gasteiger partial charge in [0, 0.05) is 13.1 Å². The van der Waals surface area contributed by atoms with E-state index in [0.29, 0.717) is 18.8 Å². The summed E-state index contributed by atoms with van der Waals surface area (Å²) in [5, 5.41) is 2.55. The minimum atomic E-state index is -0.471. The van der Waals surface area contributed by atoms with E-state index in [1.165, 1.54) is 0 Å². The molecule has 0 unspecified atom stereocenters. The summed E-state index contributed by atoms with van der Waals surface area (Å²) < 4.78 is 5.15. The molecule has 0 aliphatic rings. The molecule has 0 spiro atoms. The van der Waals surface area contributed by atoms with Crippen molar-refractivity contribution in [1.82, 2.24) is 5.32 Å². The number of carbonyl (C=O) groups is 1. The third-order valence-corrected chi connectivity index (χ3v) is 2.32. The van der Waals surface area contributed by atoms with Gasteiger partial charge in [-0.3, -0.25) is 0 Å². The molecule has 0 atom stereocenters. The van der Waals surface area contributed by atoms with Crippen LogP contribution >= 0.6 is 0 Å². The van der Waals surface area contributed by atoms with Crippen molar-refractivity contribution in [1.29, 1.82) is 0 Å². The van der Waals surface area contributed by atoms with E-state index in [1.54, 1.807) is 6.07 Å². The van der Waals surface area contributed by atoms with Crippen LogP contribution in [-0.4, -0.2) is 19.2 Å². The first kappa shape index (κ1) is 13.5. The van der Waals surface area contributed by atoms with E-state index >= 15 is 0 Å². The van der Waals surface area contributed by atoms with Gasteiger partial charge in [-0.2, -0.15) is 0 Å². The highest BCUT2D eigenvalue weighted by Gasteiger charge is 2.14. The van der Waals surface area contributed by atoms with Gasteiger partial charge >= 0.3 is 6.09 Å². The van der Waals surface area contributed by atoms with Crippen LogP contribution < -0.4 is 15.8 Å². The zero-order valence-electron chi connectivity index (χ0n) is 10.6. The Kier molecular flexibility index (Phi) is 4.52. The minimum absolute atomic E-state index is 0.0348. The highest BCUT2D eigenvalue weighted by atomic mass is 16.6. The Morgan fingerprint density at radius 3 is 2.71 bits per heavy atom. The van der Waals surface area contributed by atoms with Gasteiger partial charge < -0.3 is 15.8 Å². The summed E-state index contributed by atoms with van der Waals surface area (Å²) in [6.45, 7) is 7.15. The molecular weight excluding hydrogens is 216 g/mol. The number of carbonyl (C=O) groups excluding carboxylic acids is 1. The summed E-state index contributed by atoms with van der Waals surface area (Å²) in [5.41, 5.74) is 6.44. The summed E-state index contributed by atoms with van der Waals surface area (Å²) in [4.78, 5) is 11.3. The number of nitrogens with one attached hydrogen (secondary N) is 1. The van der Waals surface area contributed by atoms with Crippen LogP contribution in [0.5, 0.6) is 5.75 Å². The molecule has 1 aromatic rings. The lowest BCUT2D eigenvalue weighted by Gasteiger charge is -2.19. The van der Waals surface area contributed by atoms with Crippen LogP contribution in [0.2, 0.25) is 0 Å². The molecule has 0 aromatic heterocycles. The molecule has 0 fully saturated rings. The number of ether oxygens (including phenoxy) is 1. The van der Waals surface area contributed by atoms with E-state index in [0.717, 1.165) is 5.56 Å². The SMILES string of the molecule is CC(C)(C)c1cccc(OC(=O)NCCN)c1. The smallest absolute Gasteiger partial charge is 0.410 e. The van der Waals surface area contributed by atoms with Crippen LogP contribution in [0, 0.1) is 0 Å². The lowest BCUT2D eigenvalue weighted by Crippen LogP contribution is -2.31. The second kappa shape index (κ2) is 5.68. The quantitative estimate of drug-likeness (QED) is 0.844. The number of nitrogens with two attached hydrogens (primary N) is 1. The van der Waals surface area contributed by atoms with Crippen molar-refractivity contribution in [3.05, 3.63) is 29.8 Å². The Balaban J connectivity index is 2.69. The summed E-state index contributed by atoms with van der Waals surface area (Å²) in [6.07, 6.45) is -0.471. The molecule has 1 rings (SSSR count). The molecule has 94 valence electrons. The van der Waals surface area contributed by atoms with E-state index in [2.05, 4.69) is 26.1 Å². The lowest BCUT2D eigenvalue weighted by molar-refractivity contribution is 0.200. The normalized spacial score (nSPS) is 11.1. The molecule has 0 heterocycles. The highest BCUT2D eigenvalue weighted by molar-refractivity contribution is 5.70. The van der Waals surface area contributed by atoms with Gasteiger partial charge in [0.25, 0.3) is 0 Å². The molecule has 1 aromatic carbocycles. The molecule has 1 amide bonds. The van der Waals surface area contributed by atoms with Gasteiger partial charge in [-0.1, -0.05) is 32.9 Å². The maximum atomic E-state index is 11.3. The van der Waals surface area contributed by atoms with Gasteiger partial charge in [0.15, 0.2) is 0 Å². The fourth-order valence-corrected chi connectivity index (χ4v) is 1.34. The van der Waals surface area contributed by atoms with Gasteiger partial charge in [0.2, 0.25) is 0 Å². The van der Waals surface area contributed by atoms with Crippen LogP contribution in [0.15, 0.2) is 24.3 Å². The summed E-state index contributed by atoms with van der Waals surface area (Å²) in [5.74, 6) is 0.548. The number of benzene rings is 1. The first-order valence-corrected chi connectivity index (χ1v) is 5.70. The molecule has 0 saturated heterocycles. The number of hydrogen-bond donors (Lipinski definition) is 2. The number of amides is 1. The standard InChI is InChI=1S/C13H20N2O2/c1-13(2,3)10-5-4-6-11(9-10)17-12(16)15-8-7-14/h4-6,9H,7-8,14H2,1-3H3,(H,15,16). The molecular formula is C13H20N2O2. The van der Waals surface area contributed by atoms with Gasteiger partial charge in [0.05, 0.1) is 0 Å². The van der Waals surface area contributed by atoms with E-state index in [-0.39, 0.29) is 5.41 Å². The van der Waals surface area contributed by atoms with Crippen LogP contribution in [-0.2, 0) is 5.41 Å². The first-order valence-electron chi connectivity index (χ1n) is 5.70. The van der Waals surface area contributed by atoms with Crippen molar-refractivity contribution < 1.29 is 9.53 Å². The van der Waals surface area contributed by atoms with Crippen LogP contribution in [0.1, 0.15) is 26.3 Å². The van der Waals surface area contributed by atoms with Crippen LogP contribution in [0.3, 0.4) is 0 Å². The van der Waals surface area contributed by atoms with Crippen molar-refractivity contribution in [2.75, 3.05) is 13.1 Å². The Labute approximate surface area is 102 Å². The molecule has 17 heavy (non-hydrogen) atoms. The molecule has 0 saturated carbocycles. The Morgan fingerprint density at radius 2 is 2.12 bits per heavy atom. The average Bonchev–Trinajstić information content (AvgIpc) is 2.25. The molecule has 0 aliphatic heterocycles. The maximum absolute atomic E-state index is 11.3. The van der Waals surface area contributed by atoms with Crippen molar-refractivity contribution in [2.24, 2.45) is 5.73 Å². The largest absolute Gasteiger partial charge is 0.412 e.